The zero-order valence-electron chi connectivity index (χ0n) is 19.6. The largest absolute Gasteiger partial charge is 0.417 e. The van der Waals surface area contributed by atoms with Gasteiger partial charge in [-0.1, -0.05) is 13.8 Å². The number of nitrogens with one attached hydrogen (secondary N) is 1. The number of benzene rings is 1. The molecule has 1 N–H and O–H groups in total. The van der Waals surface area contributed by atoms with Gasteiger partial charge in [0.1, 0.15) is 0 Å². The van der Waals surface area contributed by atoms with Crippen LogP contribution in [0.1, 0.15) is 57.1 Å². The van der Waals surface area contributed by atoms with E-state index in [1.54, 1.807) is 6.07 Å². The summed E-state index contributed by atoms with van der Waals surface area (Å²) in [6, 6.07) is 5.57. The number of nitrogens with zero attached hydrogens (tertiary/aromatic N) is 3. The second kappa shape index (κ2) is 9.12. The van der Waals surface area contributed by atoms with E-state index in [4.69, 9.17) is 5.26 Å². The summed E-state index contributed by atoms with van der Waals surface area (Å²) in [5.74, 6) is -0.0284. The van der Waals surface area contributed by atoms with Crippen LogP contribution < -0.4 is 10.2 Å². The van der Waals surface area contributed by atoms with E-state index in [-0.39, 0.29) is 29.7 Å². The van der Waals surface area contributed by atoms with Crippen LogP contribution in [0.15, 0.2) is 18.2 Å². The molecule has 4 rings (SSSR count). The first kappa shape index (κ1) is 24.4. The lowest BCUT2D eigenvalue weighted by Crippen LogP contribution is -2.50. The van der Waals surface area contributed by atoms with E-state index >= 15 is 0 Å². The molecular weight excluding hydrogens is 445 g/mol. The van der Waals surface area contributed by atoms with Crippen molar-refractivity contribution in [3.05, 3.63) is 29.3 Å². The van der Waals surface area contributed by atoms with Gasteiger partial charge in [0.05, 0.1) is 23.1 Å². The van der Waals surface area contributed by atoms with E-state index in [2.05, 4.69) is 5.32 Å². The molecule has 1 aliphatic carbocycles. The Morgan fingerprint density at radius 3 is 2.47 bits per heavy atom. The molecule has 1 unspecified atom stereocenters. The molecule has 0 radical (unpaired) electrons. The third-order valence-electron chi connectivity index (χ3n) is 7.38. The van der Waals surface area contributed by atoms with Crippen molar-refractivity contribution < 1.29 is 22.8 Å². The Hall–Kier alpha value is -2.76. The molecule has 2 amide bonds. The predicted octanol–water partition coefficient (Wildman–Crippen LogP) is 3.95. The average Bonchev–Trinajstić information content (AvgIpc) is 3.51. The second-order valence-electron chi connectivity index (χ2n) is 10.4. The zero-order valence-corrected chi connectivity index (χ0v) is 19.6. The average molecular weight is 477 g/mol. The van der Waals surface area contributed by atoms with Gasteiger partial charge in [0.2, 0.25) is 11.8 Å². The molecule has 1 aromatic rings. The lowest BCUT2D eigenvalue weighted by atomic mass is 9.70. The first-order valence-electron chi connectivity index (χ1n) is 12.0. The summed E-state index contributed by atoms with van der Waals surface area (Å²) >= 11 is 0. The fourth-order valence-electron chi connectivity index (χ4n) is 5.30. The number of piperidine rings is 1. The van der Waals surface area contributed by atoms with Crippen molar-refractivity contribution in [3.8, 4) is 6.07 Å². The van der Waals surface area contributed by atoms with Crippen LogP contribution in [0.25, 0.3) is 0 Å². The number of rotatable bonds is 5. The lowest BCUT2D eigenvalue weighted by Gasteiger charge is -2.42. The number of nitriles is 1. The summed E-state index contributed by atoms with van der Waals surface area (Å²) in [5.41, 5.74) is -1.41. The van der Waals surface area contributed by atoms with Crippen molar-refractivity contribution in [2.24, 2.45) is 17.3 Å². The highest BCUT2D eigenvalue weighted by Gasteiger charge is 2.52. The Labute approximate surface area is 198 Å². The molecule has 3 fully saturated rings. The van der Waals surface area contributed by atoms with Gasteiger partial charge >= 0.3 is 6.18 Å². The molecule has 2 heterocycles. The van der Waals surface area contributed by atoms with E-state index in [1.165, 1.54) is 12.1 Å². The van der Waals surface area contributed by atoms with Gasteiger partial charge in [-0.25, -0.2) is 0 Å². The molecule has 0 bridgehead atoms. The Kier molecular flexibility index (Phi) is 6.54. The SMILES string of the molecule is CC(C)CC(=O)N1CCC2(CC1)CN(c1ccc(C#N)c(C(F)(F)F)c1)CC2C(=O)NC1CC1. The maximum Gasteiger partial charge on any atom is 0.417 e. The monoisotopic (exact) mass is 476 g/mol. The van der Waals surface area contributed by atoms with Crippen LogP contribution in [0.4, 0.5) is 18.9 Å². The fraction of sp³-hybridized carbons (Fsp3) is 0.640. The van der Waals surface area contributed by atoms with Gasteiger partial charge in [-0.05, 0) is 49.8 Å². The van der Waals surface area contributed by atoms with Crippen LogP contribution in [0.2, 0.25) is 0 Å². The molecule has 184 valence electrons. The van der Waals surface area contributed by atoms with Gasteiger partial charge in [-0.3, -0.25) is 9.59 Å². The van der Waals surface area contributed by atoms with Crippen LogP contribution in [-0.2, 0) is 15.8 Å². The standard InChI is InChI=1S/C25H31F3N4O2/c1-16(2)11-22(33)31-9-7-24(8-10-31)15-32(14-21(24)23(34)30-18-4-5-18)19-6-3-17(13-29)20(12-19)25(26,27)28/h3,6,12,16,18,21H,4-5,7-11,14-15H2,1-2H3,(H,30,34). The number of halogens is 3. The molecule has 1 atom stereocenters. The Morgan fingerprint density at radius 2 is 1.91 bits per heavy atom. The molecule has 0 aromatic heterocycles. The normalized spacial score (nSPS) is 22.2. The number of anilines is 1. The highest BCUT2D eigenvalue weighted by atomic mass is 19.4. The molecule has 6 nitrogen and oxygen atoms in total. The summed E-state index contributed by atoms with van der Waals surface area (Å²) in [6.45, 7) is 5.88. The third kappa shape index (κ3) is 5.01. The van der Waals surface area contributed by atoms with E-state index < -0.39 is 22.7 Å². The van der Waals surface area contributed by atoms with Crippen molar-refractivity contribution in [2.75, 3.05) is 31.1 Å². The summed E-state index contributed by atoms with van der Waals surface area (Å²) in [7, 11) is 0. The van der Waals surface area contributed by atoms with Crippen LogP contribution in [-0.4, -0.2) is 48.9 Å². The number of hydrogen-bond acceptors (Lipinski definition) is 4. The van der Waals surface area contributed by atoms with Crippen molar-refractivity contribution in [3.63, 3.8) is 0 Å². The molecule has 2 aliphatic heterocycles. The van der Waals surface area contributed by atoms with Crippen LogP contribution in [0.5, 0.6) is 0 Å². The fourth-order valence-corrected chi connectivity index (χ4v) is 5.30. The molecule has 9 heteroatoms. The number of carbonyl (C=O) groups is 2. The Balaban J connectivity index is 1.58. The predicted molar refractivity (Wildman–Crippen MR) is 121 cm³/mol. The zero-order chi connectivity index (χ0) is 24.7. The number of amides is 2. The van der Waals surface area contributed by atoms with Crippen molar-refractivity contribution in [1.82, 2.24) is 10.2 Å². The molecule has 1 aromatic carbocycles. The van der Waals surface area contributed by atoms with E-state index in [0.717, 1.165) is 18.9 Å². The Bertz CT molecular complexity index is 989. The van der Waals surface area contributed by atoms with Crippen LogP contribution in [0, 0.1) is 28.6 Å². The maximum atomic E-state index is 13.5. The van der Waals surface area contributed by atoms with Gasteiger partial charge in [0.25, 0.3) is 0 Å². The second-order valence-corrected chi connectivity index (χ2v) is 10.4. The summed E-state index contributed by atoms with van der Waals surface area (Å²) in [4.78, 5) is 29.5. The Morgan fingerprint density at radius 1 is 1.24 bits per heavy atom. The van der Waals surface area contributed by atoms with Crippen molar-refractivity contribution in [1.29, 1.82) is 5.26 Å². The highest BCUT2D eigenvalue weighted by Crippen LogP contribution is 2.47. The summed E-state index contributed by atoms with van der Waals surface area (Å²) < 4.78 is 40.6. The van der Waals surface area contributed by atoms with E-state index in [1.807, 2.05) is 23.6 Å². The molecule has 34 heavy (non-hydrogen) atoms. The smallest absolute Gasteiger partial charge is 0.370 e. The third-order valence-corrected chi connectivity index (χ3v) is 7.38. The summed E-state index contributed by atoms with van der Waals surface area (Å²) in [5, 5.41) is 12.2. The highest BCUT2D eigenvalue weighted by molar-refractivity contribution is 5.82. The van der Waals surface area contributed by atoms with Crippen molar-refractivity contribution in [2.45, 2.75) is 58.2 Å². The van der Waals surface area contributed by atoms with Crippen molar-refractivity contribution >= 4 is 17.5 Å². The topological polar surface area (TPSA) is 76.4 Å². The number of alkyl halides is 3. The van der Waals surface area contributed by atoms with Gasteiger partial charge in [0, 0.05) is 49.7 Å². The molecular formula is C25H31F3N4O2. The minimum Gasteiger partial charge on any atom is -0.370 e. The van der Waals surface area contributed by atoms with Crippen LogP contribution in [0.3, 0.4) is 0 Å². The van der Waals surface area contributed by atoms with Gasteiger partial charge in [0.15, 0.2) is 0 Å². The number of carbonyl (C=O) groups excluding carboxylic acids is 2. The van der Waals surface area contributed by atoms with E-state index in [9.17, 15) is 22.8 Å². The number of hydrogen-bond donors (Lipinski definition) is 1. The quantitative estimate of drug-likeness (QED) is 0.698. The summed E-state index contributed by atoms with van der Waals surface area (Å²) in [6.07, 6.45) is -0.967. The van der Waals surface area contributed by atoms with E-state index in [0.29, 0.717) is 51.1 Å². The molecule has 2 saturated heterocycles. The van der Waals surface area contributed by atoms with Gasteiger partial charge < -0.3 is 15.1 Å². The van der Waals surface area contributed by atoms with Crippen LogP contribution >= 0.6 is 0 Å². The van der Waals surface area contributed by atoms with Gasteiger partial charge in [-0.2, -0.15) is 18.4 Å². The molecule has 3 aliphatic rings. The van der Waals surface area contributed by atoms with Gasteiger partial charge in [-0.15, -0.1) is 0 Å². The lowest BCUT2D eigenvalue weighted by molar-refractivity contribution is -0.138. The first-order valence-corrected chi connectivity index (χ1v) is 12.0. The minimum absolute atomic E-state index is 0.0448. The molecule has 1 spiro atoms. The molecule has 1 saturated carbocycles. The maximum absolute atomic E-state index is 13.5. The minimum atomic E-state index is -4.64. The number of likely N-dealkylation sites (tertiary alicyclic amines) is 1. The first-order chi connectivity index (χ1) is 16.0.